The van der Waals surface area contributed by atoms with Crippen LogP contribution in [0.1, 0.15) is 32.6 Å². The fourth-order valence-electron chi connectivity index (χ4n) is 2.68. The van der Waals surface area contributed by atoms with Crippen molar-refractivity contribution >= 4 is 5.91 Å². The summed E-state index contributed by atoms with van der Waals surface area (Å²) in [6.07, 6.45) is 4.94. The van der Waals surface area contributed by atoms with Crippen LogP contribution >= 0.6 is 0 Å². The summed E-state index contributed by atoms with van der Waals surface area (Å²) in [4.78, 5) is 13.2. The smallest absolute Gasteiger partial charge is 0.223 e. The summed E-state index contributed by atoms with van der Waals surface area (Å²) in [5.74, 6) is 0.184. The predicted molar refractivity (Wildman–Crippen MR) is 62.2 cm³/mol. The molecule has 4 atom stereocenters. The lowest BCUT2D eigenvalue weighted by Gasteiger charge is -2.25. The van der Waals surface area contributed by atoms with E-state index in [2.05, 4.69) is 12.2 Å². The first-order chi connectivity index (χ1) is 7.56. The van der Waals surface area contributed by atoms with Crippen molar-refractivity contribution in [2.75, 3.05) is 14.1 Å². The second-order valence-electron chi connectivity index (χ2n) is 5.28. The molecule has 0 aromatic rings. The molecule has 0 aromatic heterocycles. The first-order valence-electron chi connectivity index (χ1n) is 6.18. The van der Waals surface area contributed by atoms with Crippen LogP contribution in [0.3, 0.4) is 0 Å². The van der Waals surface area contributed by atoms with Crippen LogP contribution in [0.15, 0.2) is 0 Å². The maximum absolute atomic E-state index is 11.5. The van der Waals surface area contributed by atoms with Gasteiger partial charge >= 0.3 is 0 Å². The lowest BCUT2D eigenvalue weighted by Crippen LogP contribution is -2.44. The molecule has 2 fully saturated rings. The highest BCUT2D eigenvalue weighted by atomic mass is 16.5. The molecule has 4 unspecified atom stereocenters. The van der Waals surface area contributed by atoms with E-state index in [0.717, 1.165) is 6.42 Å². The van der Waals surface area contributed by atoms with Crippen LogP contribution in [0.2, 0.25) is 0 Å². The Hall–Kier alpha value is -0.610. The lowest BCUT2D eigenvalue weighted by molar-refractivity contribution is -0.129. The molecule has 2 heterocycles. The Bertz CT molecular complexity index is 268. The zero-order valence-corrected chi connectivity index (χ0v) is 10.4. The highest BCUT2D eigenvalue weighted by Crippen LogP contribution is 2.34. The van der Waals surface area contributed by atoms with Gasteiger partial charge in [0.1, 0.15) is 0 Å². The van der Waals surface area contributed by atoms with Gasteiger partial charge in [-0.25, -0.2) is 0 Å². The standard InChI is InChI=1S/C12H22N2O2/c1-8(6-12(15)14(2)3)13-10-7-9-4-5-11(10)16-9/h8-11,13H,4-7H2,1-3H3. The minimum Gasteiger partial charge on any atom is -0.373 e. The average Bonchev–Trinajstić information content (AvgIpc) is 2.78. The van der Waals surface area contributed by atoms with Crippen LogP contribution < -0.4 is 5.32 Å². The summed E-state index contributed by atoms with van der Waals surface area (Å²) in [5, 5.41) is 3.52. The van der Waals surface area contributed by atoms with Gasteiger partial charge in [0, 0.05) is 32.6 Å². The number of carbonyl (C=O) groups excluding carboxylic acids is 1. The molecule has 2 rings (SSSR count). The lowest BCUT2D eigenvalue weighted by atomic mass is 9.94. The van der Waals surface area contributed by atoms with Gasteiger partial charge in [-0.3, -0.25) is 4.79 Å². The second-order valence-corrected chi connectivity index (χ2v) is 5.28. The third kappa shape index (κ3) is 2.55. The molecule has 0 radical (unpaired) electrons. The van der Waals surface area contributed by atoms with Gasteiger partial charge in [-0.2, -0.15) is 0 Å². The summed E-state index contributed by atoms with van der Waals surface area (Å²) in [5.41, 5.74) is 0. The number of amides is 1. The summed E-state index contributed by atoms with van der Waals surface area (Å²) in [6, 6.07) is 0.701. The van der Waals surface area contributed by atoms with Crippen molar-refractivity contribution < 1.29 is 9.53 Å². The number of ether oxygens (including phenoxy) is 1. The van der Waals surface area contributed by atoms with Crippen LogP contribution in [-0.4, -0.2) is 49.2 Å². The zero-order valence-electron chi connectivity index (χ0n) is 10.4. The number of hydrogen-bond acceptors (Lipinski definition) is 3. The van der Waals surface area contributed by atoms with E-state index in [-0.39, 0.29) is 11.9 Å². The third-order valence-electron chi connectivity index (χ3n) is 3.58. The van der Waals surface area contributed by atoms with Gasteiger partial charge in [0.25, 0.3) is 0 Å². The Morgan fingerprint density at radius 3 is 2.75 bits per heavy atom. The molecule has 2 aliphatic heterocycles. The molecule has 0 spiro atoms. The highest BCUT2D eigenvalue weighted by molar-refractivity contribution is 5.76. The molecule has 0 aliphatic carbocycles. The topological polar surface area (TPSA) is 41.6 Å². The van der Waals surface area contributed by atoms with Gasteiger partial charge in [0.05, 0.1) is 12.2 Å². The van der Waals surface area contributed by atoms with E-state index in [1.165, 1.54) is 12.8 Å². The molecule has 4 nitrogen and oxygen atoms in total. The Morgan fingerprint density at radius 2 is 2.25 bits per heavy atom. The summed E-state index contributed by atoms with van der Waals surface area (Å²) in [6.45, 7) is 2.08. The molecule has 0 aromatic carbocycles. The highest BCUT2D eigenvalue weighted by Gasteiger charge is 2.40. The number of carbonyl (C=O) groups is 1. The molecule has 92 valence electrons. The number of rotatable bonds is 4. The normalized spacial score (nSPS) is 34.1. The summed E-state index contributed by atoms with van der Waals surface area (Å²) in [7, 11) is 3.60. The average molecular weight is 226 g/mol. The molecule has 2 bridgehead atoms. The molecule has 2 aliphatic rings. The van der Waals surface area contributed by atoms with E-state index in [4.69, 9.17) is 4.74 Å². The molecule has 0 saturated carbocycles. The van der Waals surface area contributed by atoms with Gasteiger partial charge < -0.3 is 15.0 Å². The van der Waals surface area contributed by atoms with Crippen LogP contribution in [0, 0.1) is 0 Å². The molecule has 2 saturated heterocycles. The molecule has 16 heavy (non-hydrogen) atoms. The van der Waals surface area contributed by atoms with E-state index in [9.17, 15) is 4.79 Å². The quantitative estimate of drug-likeness (QED) is 0.769. The minimum absolute atomic E-state index is 0.184. The summed E-state index contributed by atoms with van der Waals surface area (Å²) >= 11 is 0. The van der Waals surface area contributed by atoms with E-state index >= 15 is 0 Å². The van der Waals surface area contributed by atoms with E-state index in [1.807, 2.05) is 0 Å². The van der Waals surface area contributed by atoms with E-state index < -0.39 is 0 Å². The van der Waals surface area contributed by atoms with Crippen molar-refractivity contribution in [3.63, 3.8) is 0 Å². The Labute approximate surface area is 97.3 Å². The molecular formula is C12H22N2O2. The van der Waals surface area contributed by atoms with Crippen LogP contribution in [0.25, 0.3) is 0 Å². The van der Waals surface area contributed by atoms with Gasteiger partial charge in [-0.05, 0) is 26.2 Å². The first-order valence-corrected chi connectivity index (χ1v) is 6.18. The van der Waals surface area contributed by atoms with Gasteiger partial charge in [0.2, 0.25) is 5.91 Å². The Kier molecular flexibility index (Phi) is 3.50. The molecule has 1 N–H and O–H groups in total. The van der Waals surface area contributed by atoms with Crippen molar-refractivity contribution in [1.29, 1.82) is 0 Å². The van der Waals surface area contributed by atoms with Crippen LogP contribution in [-0.2, 0) is 9.53 Å². The van der Waals surface area contributed by atoms with Gasteiger partial charge in [-0.15, -0.1) is 0 Å². The Balaban J connectivity index is 1.75. The minimum atomic E-state index is 0.184. The van der Waals surface area contributed by atoms with E-state index in [1.54, 1.807) is 19.0 Å². The van der Waals surface area contributed by atoms with Crippen molar-refractivity contribution in [2.24, 2.45) is 0 Å². The maximum atomic E-state index is 11.5. The van der Waals surface area contributed by atoms with Crippen molar-refractivity contribution in [1.82, 2.24) is 10.2 Å². The number of fused-ring (bicyclic) bond motifs is 2. The second kappa shape index (κ2) is 4.72. The van der Waals surface area contributed by atoms with Gasteiger partial charge in [0.15, 0.2) is 0 Å². The first kappa shape index (κ1) is 11.9. The fourth-order valence-corrected chi connectivity index (χ4v) is 2.68. The number of nitrogens with one attached hydrogen (secondary N) is 1. The Morgan fingerprint density at radius 1 is 1.50 bits per heavy atom. The summed E-state index contributed by atoms with van der Waals surface area (Å²) < 4.78 is 5.78. The fraction of sp³-hybridized carbons (Fsp3) is 0.917. The maximum Gasteiger partial charge on any atom is 0.223 e. The number of hydrogen-bond donors (Lipinski definition) is 1. The van der Waals surface area contributed by atoms with Crippen molar-refractivity contribution in [3.8, 4) is 0 Å². The number of nitrogens with zero attached hydrogens (tertiary/aromatic N) is 1. The van der Waals surface area contributed by atoms with Crippen LogP contribution in [0.4, 0.5) is 0 Å². The third-order valence-corrected chi connectivity index (χ3v) is 3.58. The zero-order chi connectivity index (χ0) is 11.7. The largest absolute Gasteiger partial charge is 0.373 e. The van der Waals surface area contributed by atoms with Gasteiger partial charge in [-0.1, -0.05) is 0 Å². The molecular weight excluding hydrogens is 204 g/mol. The van der Waals surface area contributed by atoms with E-state index in [0.29, 0.717) is 24.7 Å². The van der Waals surface area contributed by atoms with Crippen molar-refractivity contribution in [3.05, 3.63) is 0 Å². The predicted octanol–water partition coefficient (Wildman–Crippen LogP) is 0.763. The monoisotopic (exact) mass is 226 g/mol. The van der Waals surface area contributed by atoms with Crippen LogP contribution in [0.5, 0.6) is 0 Å². The van der Waals surface area contributed by atoms with Crippen molar-refractivity contribution in [2.45, 2.75) is 56.9 Å². The molecule has 4 heteroatoms. The SMILES string of the molecule is CC(CC(=O)N(C)C)NC1CC2CCC1O2. The molecule has 1 amide bonds.